The molecular formula is C30H27N3O2. The van der Waals surface area contributed by atoms with Gasteiger partial charge in [-0.2, -0.15) is 0 Å². The summed E-state index contributed by atoms with van der Waals surface area (Å²) in [5.74, 6) is -0.885. The first-order valence-electron chi connectivity index (χ1n) is 11.6. The van der Waals surface area contributed by atoms with E-state index < -0.39 is 5.97 Å². The van der Waals surface area contributed by atoms with Gasteiger partial charge in [0.05, 0.1) is 11.6 Å². The summed E-state index contributed by atoms with van der Waals surface area (Å²) < 4.78 is 0. The van der Waals surface area contributed by atoms with E-state index in [1.165, 1.54) is 5.56 Å². The van der Waals surface area contributed by atoms with Gasteiger partial charge < -0.3 is 16.2 Å². The Morgan fingerprint density at radius 3 is 2.46 bits per heavy atom. The van der Waals surface area contributed by atoms with Crippen LogP contribution in [0.2, 0.25) is 0 Å². The van der Waals surface area contributed by atoms with Gasteiger partial charge in [-0.15, -0.1) is 0 Å². The molecule has 0 saturated heterocycles. The highest BCUT2D eigenvalue weighted by Crippen LogP contribution is 2.48. The van der Waals surface area contributed by atoms with Crippen LogP contribution in [0.25, 0.3) is 11.1 Å². The molecule has 5 heteroatoms. The van der Waals surface area contributed by atoms with Crippen LogP contribution < -0.4 is 11.1 Å². The molecule has 0 fully saturated rings. The first-order valence-corrected chi connectivity index (χ1v) is 11.6. The molecule has 0 saturated carbocycles. The molecular weight excluding hydrogens is 434 g/mol. The van der Waals surface area contributed by atoms with Crippen molar-refractivity contribution in [1.82, 2.24) is 0 Å². The fourth-order valence-corrected chi connectivity index (χ4v) is 5.18. The number of nitrogens with two attached hydrogens (primary N) is 1. The molecule has 0 bridgehead atoms. The van der Waals surface area contributed by atoms with Crippen LogP contribution in [-0.4, -0.2) is 16.9 Å². The summed E-state index contributed by atoms with van der Waals surface area (Å²) in [6.07, 6.45) is 0.787. The Bertz CT molecular complexity index is 1430. The third-order valence-corrected chi connectivity index (χ3v) is 7.04. The number of fused-ring (bicyclic) bond motifs is 1. The maximum atomic E-state index is 11.8. The van der Waals surface area contributed by atoms with Crippen LogP contribution in [0.5, 0.6) is 0 Å². The van der Waals surface area contributed by atoms with E-state index in [4.69, 9.17) is 11.1 Å². The van der Waals surface area contributed by atoms with Crippen LogP contribution in [-0.2, 0) is 5.41 Å². The second-order valence-corrected chi connectivity index (χ2v) is 9.25. The highest BCUT2D eigenvalue weighted by Gasteiger charge is 2.38. The highest BCUT2D eigenvalue weighted by atomic mass is 16.4. The summed E-state index contributed by atoms with van der Waals surface area (Å²) in [6.45, 7) is 2.24. The molecule has 35 heavy (non-hydrogen) atoms. The van der Waals surface area contributed by atoms with Crippen molar-refractivity contribution in [2.45, 2.75) is 24.8 Å². The molecule has 1 aliphatic rings. The second kappa shape index (κ2) is 8.76. The van der Waals surface area contributed by atoms with Crippen molar-refractivity contribution in [3.8, 4) is 11.1 Å². The van der Waals surface area contributed by atoms with Crippen molar-refractivity contribution in [1.29, 1.82) is 5.41 Å². The van der Waals surface area contributed by atoms with Crippen molar-refractivity contribution < 1.29 is 9.90 Å². The van der Waals surface area contributed by atoms with Gasteiger partial charge in [0.15, 0.2) is 0 Å². The lowest BCUT2D eigenvalue weighted by atomic mass is 9.68. The maximum Gasteiger partial charge on any atom is 0.336 e. The van der Waals surface area contributed by atoms with Crippen LogP contribution in [0.15, 0.2) is 97.1 Å². The number of nitrogen functional groups attached to an aromatic ring is 1. The lowest BCUT2D eigenvalue weighted by Crippen LogP contribution is -2.35. The summed E-state index contributed by atoms with van der Waals surface area (Å²) in [5, 5.41) is 21.3. The molecule has 1 heterocycles. The first kappa shape index (κ1) is 22.4. The van der Waals surface area contributed by atoms with E-state index in [1.807, 2.05) is 48.5 Å². The number of hydrogen-bond acceptors (Lipinski definition) is 3. The minimum Gasteiger partial charge on any atom is -0.478 e. The van der Waals surface area contributed by atoms with Gasteiger partial charge in [-0.3, -0.25) is 5.41 Å². The minimum atomic E-state index is -0.936. The predicted molar refractivity (Wildman–Crippen MR) is 140 cm³/mol. The van der Waals surface area contributed by atoms with Crippen LogP contribution >= 0.6 is 0 Å². The Kier molecular flexibility index (Phi) is 5.61. The number of carbonyl (C=O) groups is 1. The molecule has 1 aliphatic heterocycles. The van der Waals surface area contributed by atoms with E-state index in [2.05, 4.69) is 48.6 Å². The monoisotopic (exact) mass is 461 g/mol. The smallest absolute Gasteiger partial charge is 0.336 e. The zero-order valence-corrected chi connectivity index (χ0v) is 19.5. The molecule has 2 atom stereocenters. The lowest BCUT2D eigenvalue weighted by molar-refractivity contribution is 0.0697. The molecule has 4 aromatic rings. The Labute approximate surface area is 204 Å². The van der Waals surface area contributed by atoms with Gasteiger partial charge in [-0.05, 0) is 64.6 Å². The zero-order chi connectivity index (χ0) is 24.6. The van der Waals surface area contributed by atoms with E-state index in [-0.39, 0.29) is 22.9 Å². The van der Waals surface area contributed by atoms with Gasteiger partial charge in [0.1, 0.15) is 5.84 Å². The average Bonchev–Trinajstić information content (AvgIpc) is 2.89. The Balaban J connectivity index is 1.61. The fraction of sp³-hybridized carbons (Fsp3) is 0.133. The Morgan fingerprint density at radius 1 is 0.971 bits per heavy atom. The summed E-state index contributed by atoms with van der Waals surface area (Å²) in [7, 11) is 0. The number of rotatable bonds is 5. The van der Waals surface area contributed by atoms with Crippen LogP contribution in [0, 0.1) is 5.41 Å². The normalized spacial score (nSPS) is 18.8. The number of carboxylic acids is 1. The van der Waals surface area contributed by atoms with Crippen molar-refractivity contribution >= 4 is 17.5 Å². The van der Waals surface area contributed by atoms with E-state index in [0.29, 0.717) is 11.1 Å². The third-order valence-electron chi connectivity index (χ3n) is 7.04. The average molecular weight is 462 g/mol. The van der Waals surface area contributed by atoms with Crippen molar-refractivity contribution in [2.75, 3.05) is 5.32 Å². The highest BCUT2D eigenvalue weighted by molar-refractivity contribution is 5.96. The third kappa shape index (κ3) is 4.06. The maximum absolute atomic E-state index is 11.8. The summed E-state index contributed by atoms with van der Waals surface area (Å²) in [4.78, 5) is 11.8. The second-order valence-electron chi connectivity index (χ2n) is 9.25. The summed E-state index contributed by atoms with van der Waals surface area (Å²) in [5.41, 5.74) is 12.5. The van der Waals surface area contributed by atoms with Crippen LogP contribution in [0.4, 0.5) is 5.69 Å². The SMILES string of the molecule is CC1(c2ccccc2)CC(c2cccc(-c3ccccc3C(=O)O)c2)Nc2ccc(C(=N)N)cc21. The molecule has 0 radical (unpaired) electrons. The predicted octanol–water partition coefficient (Wildman–Crippen LogP) is 6.20. The summed E-state index contributed by atoms with van der Waals surface area (Å²) >= 11 is 0. The number of benzene rings is 4. The van der Waals surface area contributed by atoms with E-state index in [0.717, 1.165) is 28.8 Å². The molecule has 0 aliphatic carbocycles. The van der Waals surface area contributed by atoms with Crippen molar-refractivity contribution in [2.24, 2.45) is 5.73 Å². The van der Waals surface area contributed by atoms with Gasteiger partial charge in [0, 0.05) is 16.7 Å². The molecule has 4 aromatic carbocycles. The molecule has 5 nitrogen and oxygen atoms in total. The van der Waals surface area contributed by atoms with Gasteiger partial charge >= 0.3 is 5.97 Å². The molecule has 2 unspecified atom stereocenters. The molecule has 174 valence electrons. The number of amidine groups is 1. The van der Waals surface area contributed by atoms with Crippen molar-refractivity contribution in [3.05, 3.63) is 125 Å². The summed E-state index contributed by atoms with van der Waals surface area (Å²) in [6, 6.07) is 31.5. The first-order chi connectivity index (χ1) is 16.9. The number of anilines is 1. The number of aromatic carboxylic acids is 1. The van der Waals surface area contributed by atoms with E-state index >= 15 is 0 Å². The standard InChI is InChI=1S/C30H27N3O2/c1-30(22-10-3-2-4-11-22)18-27(33-26-15-14-21(28(31)32)17-25(26)30)20-9-7-8-19(16-20)23-12-5-6-13-24(23)29(34)35/h2-17,27,33H,18H2,1H3,(H3,31,32)(H,34,35). The number of nitrogens with one attached hydrogen (secondary N) is 2. The van der Waals surface area contributed by atoms with Crippen LogP contribution in [0.3, 0.4) is 0 Å². The topological polar surface area (TPSA) is 99.2 Å². The number of hydrogen-bond donors (Lipinski definition) is 4. The van der Waals surface area contributed by atoms with Crippen LogP contribution in [0.1, 0.15) is 52.0 Å². The van der Waals surface area contributed by atoms with Crippen molar-refractivity contribution in [3.63, 3.8) is 0 Å². The fourth-order valence-electron chi connectivity index (χ4n) is 5.18. The molecule has 0 aromatic heterocycles. The largest absolute Gasteiger partial charge is 0.478 e. The van der Waals surface area contributed by atoms with Gasteiger partial charge in [-0.1, -0.05) is 73.7 Å². The zero-order valence-electron chi connectivity index (χ0n) is 19.5. The molecule has 5 rings (SSSR count). The molecule has 5 N–H and O–H groups in total. The quantitative estimate of drug-likeness (QED) is 0.210. The lowest BCUT2D eigenvalue weighted by Gasteiger charge is -2.42. The van der Waals surface area contributed by atoms with Gasteiger partial charge in [0.2, 0.25) is 0 Å². The Morgan fingerprint density at radius 2 is 1.71 bits per heavy atom. The molecule has 0 spiro atoms. The number of carboxylic acid groups (broad SMARTS) is 1. The minimum absolute atomic E-state index is 0.00724. The van der Waals surface area contributed by atoms with E-state index in [1.54, 1.807) is 12.1 Å². The van der Waals surface area contributed by atoms with E-state index in [9.17, 15) is 9.90 Å². The Hall–Kier alpha value is -4.38. The van der Waals surface area contributed by atoms with Gasteiger partial charge in [0.25, 0.3) is 0 Å². The molecule has 0 amide bonds. The van der Waals surface area contributed by atoms with Gasteiger partial charge in [-0.25, -0.2) is 4.79 Å².